The van der Waals surface area contributed by atoms with E-state index in [9.17, 15) is 76.6 Å². The van der Waals surface area contributed by atoms with Crippen molar-refractivity contribution in [2.75, 3.05) is 165 Å². The standard InChI is InChI=1S/C76H119IN7O38P/c1-47-70(117-53(7)90)73(120-56(10)93)69(83-49(3)86)75(114-47)111-40-37-105-32-24-81-65(97)19-28-108-46-76(84-66(98)20-25-101-33-34-102-29-21-78-62(94)16-13-57-11-14-58(15-12-57)122-123(77,99)100,45-107-27-18-64(96)80-23-31-104-36-39-110-74-68(82-48(2)85)72(119-55(9)92)61(43-113-74)116-52(6)89)44-106-26-17-63(95)79-22-30-103-35-38-109-67-41-59(115-51(5)88)71(118-54(8)91)60(121-67)42-112-50(4)87/h11-12,14-15,47,59-61,67-75H,13,16-46H2,1-10H3,(H,78,94)(H,79,95)(H,80,96)(H,81,97)(H,82,85)(H,83,86)(H,84,98)(H,99,100)/t47-,59-,60-,61-,67-,68+,69+,70-,71-,72-,73+,74+,75-,76?/m1/s1. The zero-order chi connectivity index (χ0) is 90.7. The van der Waals surface area contributed by atoms with E-state index in [2.05, 4.69) is 37.2 Å². The van der Waals surface area contributed by atoms with Crippen molar-refractivity contribution in [3.63, 3.8) is 0 Å². The van der Waals surface area contributed by atoms with E-state index in [4.69, 9.17) is 104 Å². The number of hydrogen-bond acceptors (Lipinski definition) is 37. The molecule has 3 heterocycles. The molecule has 1 aromatic carbocycles. The van der Waals surface area contributed by atoms with Gasteiger partial charge in [-0.05, 0) is 31.0 Å². The van der Waals surface area contributed by atoms with Crippen molar-refractivity contribution >= 4 is 110 Å². The number of carbonyl (C=O) groups is 14. The van der Waals surface area contributed by atoms with Crippen molar-refractivity contribution < 1.29 is 181 Å². The van der Waals surface area contributed by atoms with E-state index < -0.39 is 168 Å². The summed E-state index contributed by atoms with van der Waals surface area (Å²) in [6.07, 6.45) is -12.0. The molecule has 3 fully saturated rings. The van der Waals surface area contributed by atoms with E-state index in [0.29, 0.717) is 6.42 Å². The molecule has 0 saturated carbocycles. The van der Waals surface area contributed by atoms with Crippen molar-refractivity contribution in [1.82, 2.24) is 37.2 Å². The van der Waals surface area contributed by atoms with Gasteiger partial charge in [-0.1, -0.05) is 12.1 Å². The molecule has 8 N–H and O–H groups in total. The number of halogens is 1. The van der Waals surface area contributed by atoms with Gasteiger partial charge in [0.2, 0.25) is 41.4 Å². The molecule has 0 aliphatic carbocycles. The molecule has 3 saturated heterocycles. The molecule has 0 spiro atoms. The van der Waals surface area contributed by atoms with Crippen LogP contribution < -0.4 is 41.7 Å². The first kappa shape index (κ1) is 107. The summed E-state index contributed by atoms with van der Waals surface area (Å²) >= 11 is 1.31. The third-order valence-corrected chi connectivity index (χ3v) is 18.2. The number of ether oxygens (including phenoxy) is 21. The van der Waals surface area contributed by atoms with E-state index in [1.165, 1.54) is 75.7 Å². The molecule has 3 aliphatic rings. The molecule has 1 aromatic rings. The number of benzene rings is 1. The second-order valence-electron chi connectivity index (χ2n) is 27.8. The maximum atomic E-state index is 14.0. The predicted molar refractivity (Wildman–Crippen MR) is 428 cm³/mol. The zero-order valence-corrected chi connectivity index (χ0v) is 73.9. The fraction of sp³-hybridized carbons (Fsp3) is 0.737. The Kier molecular flexibility index (Phi) is 52.1. The number of hydrogen-bond donors (Lipinski definition) is 8. The van der Waals surface area contributed by atoms with E-state index in [0.717, 1.165) is 26.3 Å². The summed E-state index contributed by atoms with van der Waals surface area (Å²) in [4.78, 5) is 183. The number of nitrogens with one attached hydrogen (secondary N) is 7. The van der Waals surface area contributed by atoms with Crippen molar-refractivity contribution in [1.29, 1.82) is 0 Å². The molecule has 7 amide bonds. The largest absolute Gasteiger partial charge is 0.463 e. The highest BCUT2D eigenvalue weighted by Crippen LogP contribution is 2.51. The van der Waals surface area contributed by atoms with Crippen LogP contribution in [0.1, 0.15) is 113 Å². The van der Waals surface area contributed by atoms with Gasteiger partial charge >= 0.3 is 47.0 Å². The van der Waals surface area contributed by atoms with E-state index in [1.807, 2.05) is 0 Å². The van der Waals surface area contributed by atoms with Gasteiger partial charge in [0.05, 0.1) is 160 Å². The van der Waals surface area contributed by atoms with Gasteiger partial charge in [-0.25, -0.2) is 4.57 Å². The summed E-state index contributed by atoms with van der Waals surface area (Å²) < 4.78 is 136. The molecule has 0 bridgehead atoms. The first-order chi connectivity index (χ1) is 58.5. The minimum atomic E-state index is -3.76. The van der Waals surface area contributed by atoms with Crippen LogP contribution in [0.15, 0.2) is 24.3 Å². The number of rotatable bonds is 61. The van der Waals surface area contributed by atoms with Crippen LogP contribution in [-0.4, -0.2) is 338 Å². The summed E-state index contributed by atoms with van der Waals surface area (Å²) in [7, 11) is 0. The highest BCUT2D eigenvalue weighted by molar-refractivity contribution is 14.2. The lowest BCUT2D eigenvalue weighted by Gasteiger charge is -2.44. The van der Waals surface area contributed by atoms with Crippen LogP contribution in [0, 0.1) is 0 Å². The van der Waals surface area contributed by atoms with Crippen LogP contribution in [0.25, 0.3) is 0 Å². The Morgan fingerprint density at radius 2 is 0.837 bits per heavy atom. The molecule has 0 radical (unpaired) electrons. The maximum absolute atomic E-state index is 14.0. The Balaban J connectivity index is 1.38. The molecule has 47 heteroatoms. The quantitative estimate of drug-likeness (QED) is 0.0127. The van der Waals surface area contributed by atoms with Gasteiger partial charge in [0, 0.05) is 127 Å². The number of carbonyl (C=O) groups excluding carboxylic acids is 14. The minimum absolute atomic E-state index is 0.00846. The predicted octanol–water partition coefficient (Wildman–Crippen LogP) is -1.03. The Labute approximate surface area is 724 Å². The maximum Gasteiger partial charge on any atom is 0.436 e. The first-order valence-electron chi connectivity index (χ1n) is 39.8. The molecular formula is C76H119IN7O38P. The molecule has 123 heavy (non-hydrogen) atoms. The molecule has 4 rings (SSSR count). The second kappa shape index (κ2) is 59.8. The lowest BCUT2D eigenvalue weighted by atomic mass is 9.96. The van der Waals surface area contributed by atoms with Gasteiger partial charge in [0.1, 0.15) is 42.2 Å². The molecule has 15 atom stereocenters. The molecule has 0 aromatic heterocycles. The third-order valence-electron chi connectivity index (χ3n) is 17.2. The van der Waals surface area contributed by atoms with E-state index in [-0.39, 0.29) is 215 Å². The summed E-state index contributed by atoms with van der Waals surface area (Å²) in [6.45, 7) is 10.2. The van der Waals surface area contributed by atoms with Gasteiger partial charge in [0.25, 0.3) is 0 Å². The summed E-state index contributed by atoms with van der Waals surface area (Å²) in [5, 5.41) is 15.3. The van der Waals surface area contributed by atoms with Gasteiger partial charge < -0.3 is 146 Å². The minimum Gasteiger partial charge on any atom is -0.463 e. The molecule has 698 valence electrons. The molecule has 2 unspecified atom stereocenters. The zero-order valence-electron chi connectivity index (χ0n) is 70.8. The highest BCUT2D eigenvalue weighted by atomic mass is 127. The number of aryl methyl sites for hydroxylation is 1. The smallest absolute Gasteiger partial charge is 0.436 e. The SMILES string of the molecule is CC(=O)N[C@@H]1[C@H](OCCOCCNC(=O)CCOCC(COCCC(=O)NCCOCCO[C@H]2C[C@@H](OC(C)=O)[C@@H](OC(C)=O)[C@@H](COC(C)=O)O2)(COCCC(=O)NCCOCCO[C@H]2OC[C@@H](OC(C)=O)[C@@H](OC(C)=O)[C@@H]2NC(C)=O)NC(=O)CCOCCOCCNC(=O)CCc2ccc(OP(=O)(O)I)cc2)O[C@H](C)[C@@H](OC(C)=O)[C@H]1OC(C)=O. The Hall–Kier alpha value is -8.04. The van der Waals surface area contributed by atoms with E-state index >= 15 is 0 Å². The van der Waals surface area contributed by atoms with Crippen LogP contribution in [0.2, 0.25) is 0 Å². The lowest BCUT2D eigenvalue weighted by molar-refractivity contribution is -0.269. The molecule has 3 aliphatic heterocycles. The first-order valence-corrected chi connectivity index (χ1v) is 44.2. The average molecular weight is 1900 g/mol. The third kappa shape index (κ3) is 47.8. The molecular weight excluding hydrogens is 1780 g/mol. The van der Waals surface area contributed by atoms with Gasteiger partial charge in [-0.15, -0.1) is 0 Å². The van der Waals surface area contributed by atoms with Gasteiger partial charge in [-0.3, -0.25) is 67.1 Å². The van der Waals surface area contributed by atoms with Gasteiger partial charge in [0.15, 0.2) is 49.4 Å². The Morgan fingerprint density at radius 1 is 0.439 bits per heavy atom. The van der Waals surface area contributed by atoms with Crippen LogP contribution in [0.5, 0.6) is 5.75 Å². The number of amides is 7. The monoisotopic (exact) mass is 1900 g/mol. The van der Waals surface area contributed by atoms with Crippen LogP contribution in [-0.2, 0) is 178 Å². The lowest BCUT2D eigenvalue weighted by Crippen LogP contribution is -2.65. The van der Waals surface area contributed by atoms with Crippen molar-refractivity contribution in [3.8, 4) is 5.75 Å². The van der Waals surface area contributed by atoms with Crippen LogP contribution in [0.4, 0.5) is 0 Å². The van der Waals surface area contributed by atoms with Crippen molar-refractivity contribution in [3.05, 3.63) is 29.8 Å². The molecule has 45 nitrogen and oxygen atoms in total. The highest BCUT2D eigenvalue weighted by Gasteiger charge is 2.50. The van der Waals surface area contributed by atoms with Gasteiger partial charge in [-0.2, -0.15) is 0 Å². The number of esters is 7. The van der Waals surface area contributed by atoms with Crippen LogP contribution in [0.3, 0.4) is 0 Å². The second-order valence-corrected chi connectivity index (χ2v) is 32.6. The van der Waals surface area contributed by atoms with Crippen molar-refractivity contribution in [2.24, 2.45) is 0 Å². The summed E-state index contributed by atoms with van der Waals surface area (Å²) in [6, 6.07) is 4.28. The van der Waals surface area contributed by atoms with E-state index in [1.54, 1.807) is 19.1 Å². The van der Waals surface area contributed by atoms with Crippen molar-refractivity contribution in [2.45, 2.75) is 200 Å². The Morgan fingerprint density at radius 3 is 1.30 bits per heavy atom. The topological polar surface area (TPSA) is 564 Å². The summed E-state index contributed by atoms with van der Waals surface area (Å²) in [5.41, 5.74) is -0.764. The Bertz CT molecular complexity index is 3510. The normalized spacial score (nSPS) is 22.1. The average Bonchev–Trinajstić information content (AvgIpc) is 0.778. The fourth-order valence-electron chi connectivity index (χ4n) is 12.1. The summed E-state index contributed by atoms with van der Waals surface area (Å²) in [5.74, 6) is -7.74. The van der Waals surface area contributed by atoms with Crippen LogP contribution >= 0.6 is 27.3 Å². The fourth-order valence-corrected chi connectivity index (χ4v) is 13.1.